The van der Waals surface area contributed by atoms with Gasteiger partial charge in [0.25, 0.3) is 0 Å². The molecule has 0 aromatic rings. The van der Waals surface area contributed by atoms with Gasteiger partial charge in [-0.1, -0.05) is 13.0 Å². The second kappa shape index (κ2) is 6.99. The Hall–Kier alpha value is -2.01. The molecule has 1 saturated carbocycles. The first-order chi connectivity index (χ1) is 14.4. The van der Waals surface area contributed by atoms with Crippen molar-refractivity contribution in [1.29, 1.82) is 0 Å². The van der Waals surface area contributed by atoms with Gasteiger partial charge < -0.3 is 33.9 Å². The van der Waals surface area contributed by atoms with Gasteiger partial charge >= 0.3 is 17.9 Å². The average Bonchev–Trinajstić information content (AvgIpc) is 3.44. The molecule has 9 atom stereocenters. The van der Waals surface area contributed by atoms with E-state index in [1.807, 2.05) is 0 Å². The highest BCUT2D eigenvalue weighted by molar-refractivity contribution is 5.68. The van der Waals surface area contributed by atoms with Crippen molar-refractivity contribution in [1.82, 2.24) is 0 Å². The number of rotatable bonds is 4. The molecule has 0 radical (unpaired) electrons. The lowest BCUT2D eigenvalue weighted by atomic mass is 9.49. The summed E-state index contributed by atoms with van der Waals surface area (Å²) in [6.07, 6.45) is -4.74. The number of carbonyl (C=O) groups is 3. The molecule has 3 fully saturated rings. The zero-order valence-corrected chi connectivity index (χ0v) is 18.1. The molecule has 10 heteroatoms. The van der Waals surface area contributed by atoms with Crippen LogP contribution in [0.1, 0.15) is 34.6 Å². The Morgan fingerprint density at radius 1 is 1.13 bits per heavy atom. The molecule has 4 rings (SSSR count). The van der Waals surface area contributed by atoms with Crippen LogP contribution in [0.4, 0.5) is 0 Å². The fourth-order valence-electron chi connectivity index (χ4n) is 6.04. The Morgan fingerprint density at radius 3 is 2.26 bits per heavy atom. The van der Waals surface area contributed by atoms with Crippen molar-refractivity contribution in [2.75, 3.05) is 13.2 Å². The van der Waals surface area contributed by atoms with Gasteiger partial charge in [0.05, 0.1) is 23.5 Å². The zero-order valence-electron chi connectivity index (χ0n) is 18.1. The number of aliphatic hydroxyl groups excluding tert-OH is 2. The summed E-state index contributed by atoms with van der Waals surface area (Å²) in [6, 6.07) is 0. The van der Waals surface area contributed by atoms with Crippen LogP contribution in [0.5, 0.6) is 0 Å². The molecular formula is C21H28O10. The molecule has 172 valence electrons. The van der Waals surface area contributed by atoms with Crippen LogP contribution in [0.15, 0.2) is 11.6 Å². The van der Waals surface area contributed by atoms with Crippen molar-refractivity contribution in [2.24, 2.45) is 10.8 Å². The SMILES string of the molecule is CC(=O)OC[C@]12[C@H](O)[C@H](OC(C)=O)C(C)=C[C@H]1O[C@@H]1[C@H](O)[C@@H](OC(C)=O)[C@@]2(C)[C@]12CO2. The van der Waals surface area contributed by atoms with E-state index < -0.39 is 71.0 Å². The molecule has 2 saturated heterocycles. The maximum Gasteiger partial charge on any atom is 0.303 e. The molecule has 2 bridgehead atoms. The summed E-state index contributed by atoms with van der Waals surface area (Å²) in [5.74, 6) is -1.81. The molecule has 2 N–H and O–H groups in total. The average molecular weight is 440 g/mol. The number of ether oxygens (including phenoxy) is 5. The lowest BCUT2D eigenvalue weighted by molar-refractivity contribution is -0.275. The predicted octanol–water partition coefficient (Wildman–Crippen LogP) is -0.363. The van der Waals surface area contributed by atoms with Crippen LogP contribution in [0.25, 0.3) is 0 Å². The summed E-state index contributed by atoms with van der Waals surface area (Å²) < 4.78 is 28.4. The largest absolute Gasteiger partial charge is 0.465 e. The van der Waals surface area contributed by atoms with E-state index in [4.69, 9.17) is 23.7 Å². The van der Waals surface area contributed by atoms with Gasteiger partial charge in [-0.25, -0.2) is 0 Å². The smallest absolute Gasteiger partial charge is 0.303 e. The number of hydrogen-bond donors (Lipinski definition) is 2. The fraction of sp³-hybridized carbons (Fsp3) is 0.762. The molecule has 0 amide bonds. The third-order valence-electron chi connectivity index (χ3n) is 7.53. The number of aliphatic hydroxyl groups is 2. The highest BCUT2D eigenvalue weighted by Crippen LogP contribution is 2.72. The highest BCUT2D eigenvalue weighted by atomic mass is 16.7. The van der Waals surface area contributed by atoms with Crippen LogP contribution in [0, 0.1) is 10.8 Å². The van der Waals surface area contributed by atoms with E-state index in [2.05, 4.69) is 0 Å². The van der Waals surface area contributed by atoms with E-state index in [1.54, 1.807) is 19.9 Å². The second-order valence-corrected chi connectivity index (χ2v) is 9.08. The minimum atomic E-state index is -1.44. The van der Waals surface area contributed by atoms with Crippen molar-refractivity contribution in [3.63, 3.8) is 0 Å². The maximum atomic E-state index is 11.9. The monoisotopic (exact) mass is 440 g/mol. The first-order valence-corrected chi connectivity index (χ1v) is 10.2. The topological polar surface area (TPSA) is 141 Å². The van der Waals surface area contributed by atoms with Gasteiger partial charge in [-0.3, -0.25) is 14.4 Å². The predicted molar refractivity (Wildman–Crippen MR) is 101 cm³/mol. The summed E-state index contributed by atoms with van der Waals surface area (Å²) in [7, 11) is 0. The molecule has 0 aromatic heterocycles. The van der Waals surface area contributed by atoms with Crippen molar-refractivity contribution in [3.05, 3.63) is 11.6 Å². The Labute approximate surface area is 179 Å². The van der Waals surface area contributed by atoms with Crippen LogP contribution in [-0.2, 0) is 38.1 Å². The van der Waals surface area contributed by atoms with Crippen molar-refractivity contribution >= 4 is 17.9 Å². The van der Waals surface area contributed by atoms with E-state index in [0.717, 1.165) is 0 Å². The molecule has 2 aliphatic carbocycles. The Morgan fingerprint density at radius 2 is 1.74 bits per heavy atom. The third-order valence-corrected chi connectivity index (χ3v) is 7.53. The van der Waals surface area contributed by atoms with Crippen LogP contribution in [0.3, 0.4) is 0 Å². The maximum absolute atomic E-state index is 11.9. The molecule has 4 aliphatic rings. The van der Waals surface area contributed by atoms with Crippen LogP contribution < -0.4 is 0 Å². The summed E-state index contributed by atoms with van der Waals surface area (Å²) in [6.45, 7) is 6.98. The Balaban J connectivity index is 1.93. The standard InChI is InChI=1S/C21H28O10/c1-9-6-13-20(7-27-10(2)22,16(26)15(9)29-11(3)23)19(5)17(30-12(4)24)14(25)18(31-13)21(19)8-28-21/h6,13-18,25-26H,7-8H2,1-5H3/t13-,14-,15-,16-,17-,18-,19-,20-,21+/m1/s1. The van der Waals surface area contributed by atoms with Crippen molar-refractivity contribution in [2.45, 2.75) is 76.8 Å². The van der Waals surface area contributed by atoms with Gasteiger partial charge in [-0.05, 0) is 12.5 Å². The van der Waals surface area contributed by atoms with Crippen LogP contribution in [-0.4, -0.2) is 83.6 Å². The Kier molecular flexibility index (Phi) is 5.01. The van der Waals surface area contributed by atoms with E-state index >= 15 is 0 Å². The molecule has 0 unspecified atom stereocenters. The molecule has 31 heavy (non-hydrogen) atoms. The summed E-state index contributed by atoms with van der Waals surface area (Å²) in [5, 5.41) is 22.7. The van der Waals surface area contributed by atoms with Gasteiger partial charge in [-0.2, -0.15) is 0 Å². The van der Waals surface area contributed by atoms with E-state index in [9.17, 15) is 24.6 Å². The van der Waals surface area contributed by atoms with Gasteiger partial charge in [0, 0.05) is 20.8 Å². The molecule has 10 nitrogen and oxygen atoms in total. The normalized spacial score (nSPS) is 47.3. The molecule has 1 spiro atoms. The molecule has 0 aromatic carbocycles. The summed E-state index contributed by atoms with van der Waals surface area (Å²) in [4.78, 5) is 35.5. The van der Waals surface area contributed by atoms with Gasteiger partial charge in [0.15, 0.2) is 0 Å². The first kappa shape index (κ1) is 22.2. The number of epoxide rings is 1. The minimum Gasteiger partial charge on any atom is -0.465 e. The number of carbonyl (C=O) groups excluding carboxylic acids is 3. The quantitative estimate of drug-likeness (QED) is 0.258. The summed E-state index contributed by atoms with van der Waals surface area (Å²) in [5.41, 5.74) is -3.18. The summed E-state index contributed by atoms with van der Waals surface area (Å²) >= 11 is 0. The third kappa shape index (κ3) is 2.75. The van der Waals surface area contributed by atoms with Gasteiger partial charge in [-0.15, -0.1) is 0 Å². The molecule has 2 heterocycles. The van der Waals surface area contributed by atoms with Gasteiger partial charge in [0.2, 0.25) is 0 Å². The lowest BCUT2D eigenvalue weighted by Gasteiger charge is -2.60. The number of esters is 3. The van der Waals surface area contributed by atoms with Crippen molar-refractivity contribution < 1.29 is 48.3 Å². The lowest BCUT2D eigenvalue weighted by Crippen LogP contribution is -2.73. The van der Waals surface area contributed by atoms with E-state index in [1.165, 1.54) is 20.8 Å². The molecular weight excluding hydrogens is 412 g/mol. The Bertz CT molecular complexity index is 847. The van der Waals surface area contributed by atoms with Crippen LogP contribution >= 0.6 is 0 Å². The van der Waals surface area contributed by atoms with Crippen LogP contribution in [0.2, 0.25) is 0 Å². The van der Waals surface area contributed by atoms with Gasteiger partial charge in [0.1, 0.15) is 42.7 Å². The van der Waals surface area contributed by atoms with E-state index in [-0.39, 0.29) is 13.2 Å². The first-order valence-electron chi connectivity index (χ1n) is 10.2. The highest BCUT2D eigenvalue weighted by Gasteiger charge is 2.87. The number of hydrogen-bond acceptors (Lipinski definition) is 10. The van der Waals surface area contributed by atoms with Crippen molar-refractivity contribution in [3.8, 4) is 0 Å². The molecule has 2 aliphatic heterocycles. The van der Waals surface area contributed by atoms with E-state index in [0.29, 0.717) is 5.57 Å². The number of fused-ring (bicyclic) bond motifs is 2. The second-order valence-electron chi connectivity index (χ2n) is 9.08. The minimum absolute atomic E-state index is 0.200. The fourth-order valence-corrected chi connectivity index (χ4v) is 6.04. The zero-order chi connectivity index (χ0) is 22.9.